The normalized spacial score (nSPS) is 11.6. The molecule has 0 saturated carbocycles. The molecule has 0 aliphatic rings. The Hall–Kier alpha value is -2.82. The van der Waals surface area contributed by atoms with Gasteiger partial charge in [-0.2, -0.15) is 0 Å². The highest BCUT2D eigenvalue weighted by Gasteiger charge is 2.28. The summed E-state index contributed by atoms with van der Waals surface area (Å²) in [7, 11) is 1.62. The Morgan fingerprint density at radius 2 is 1.81 bits per heavy atom. The molecule has 0 aromatic heterocycles. The molecule has 2 aromatic rings. The second-order valence-corrected chi connectivity index (χ2v) is 8.04. The van der Waals surface area contributed by atoms with Crippen molar-refractivity contribution in [1.29, 1.82) is 0 Å². The average molecular weight is 425 g/mol. The summed E-state index contributed by atoms with van der Waals surface area (Å²) < 4.78 is 5.33. The van der Waals surface area contributed by atoms with E-state index in [0.29, 0.717) is 19.5 Å². The van der Waals surface area contributed by atoms with Crippen molar-refractivity contribution >= 4 is 11.8 Å². The lowest BCUT2D eigenvalue weighted by Gasteiger charge is -2.31. The molecule has 2 rings (SSSR count). The molecule has 1 N–H and O–H groups in total. The van der Waals surface area contributed by atoms with Gasteiger partial charge in [0.1, 0.15) is 11.8 Å². The maximum Gasteiger partial charge on any atom is 0.242 e. The number of methoxy groups -OCH3 is 1. The van der Waals surface area contributed by atoms with E-state index < -0.39 is 6.04 Å². The van der Waals surface area contributed by atoms with Crippen molar-refractivity contribution in [3.8, 4) is 5.75 Å². The van der Waals surface area contributed by atoms with Gasteiger partial charge in [-0.05, 0) is 61.1 Å². The molecule has 0 aliphatic heterocycles. The minimum Gasteiger partial charge on any atom is -0.497 e. The summed E-state index contributed by atoms with van der Waals surface area (Å²) in [5.41, 5.74) is 4.26. The Bertz CT molecular complexity index is 879. The number of aryl methyl sites for hydroxylation is 2. The monoisotopic (exact) mass is 424 g/mol. The van der Waals surface area contributed by atoms with Gasteiger partial charge in [-0.3, -0.25) is 9.59 Å². The third-order valence-electron chi connectivity index (χ3n) is 5.63. The van der Waals surface area contributed by atoms with Crippen LogP contribution >= 0.6 is 0 Å². The third kappa shape index (κ3) is 7.12. The molecule has 0 spiro atoms. The van der Waals surface area contributed by atoms with Crippen molar-refractivity contribution in [2.75, 3.05) is 13.7 Å². The van der Waals surface area contributed by atoms with Crippen molar-refractivity contribution in [3.63, 3.8) is 0 Å². The second kappa shape index (κ2) is 12.1. The fraction of sp³-hybridized carbons (Fsp3) is 0.462. The van der Waals surface area contributed by atoms with Crippen molar-refractivity contribution in [1.82, 2.24) is 10.2 Å². The molecule has 5 nitrogen and oxygen atoms in total. The smallest absolute Gasteiger partial charge is 0.242 e. The highest BCUT2D eigenvalue weighted by Crippen LogP contribution is 2.19. The summed E-state index contributed by atoms with van der Waals surface area (Å²) in [5, 5.41) is 3.00. The van der Waals surface area contributed by atoms with Gasteiger partial charge >= 0.3 is 0 Å². The molecular formula is C26H36N2O3. The lowest BCUT2D eigenvalue weighted by molar-refractivity contribution is -0.140. The topological polar surface area (TPSA) is 58.6 Å². The number of carbonyl (C=O) groups is 2. The average Bonchev–Trinajstić information content (AvgIpc) is 2.76. The van der Waals surface area contributed by atoms with Crippen molar-refractivity contribution < 1.29 is 14.3 Å². The highest BCUT2D eigenvalue weighted by atomic mass is 16.5. The van der Waals surface area contributed by atoms with Crippen LogP contribution in [-0.2, 0) is 22.6 Å². The first-order valence-corrected chi connectivity index (χ1v) is 11.2. The lowest BCUT2D eigenvalue weighted by atomic mass is 10.0. The molecule has 1 atom stereocenters. The molecule has 31 heavy (non-hydrogen) atoms. The standard InChI is InChI=1S/C26H36N2O3/c1-6-8-14-27-26(30)24(7-2)28(18-22-10-9-11-23(16-22)31-5)25(29)17-21-13-12-19(3)20(4)15-21/h9-13,15-16,24H,6-8,14,17-18H2,1-5H3,(H,27,30). The Morgan fingerprint density at radius 1 is 1.03 bits per heavy atom. The van der Waals surface area contributed by atoms with E-state index in [0.717, 1.165) is 35.3 Å². The second-order valence-electron chi connectivity index (χ2n) is 8.04. The molecule has 0 heterocycles. The molecule has 0 aliphatic carbocycles. The molecule has 0 bridgehead atoms. The van der Waals surface area contributed by atoms with E-state index in [2.05, 4.69) is 25.2 Å². The fourth-order valence-electron chi connectivity index (χ4n) is 3.58. The van der Waals surface area contributed by atoms with E-state index in [1.165, 1.54) is 5.56 Å². The van der Waals surface area contributed by atoms with Gasteiger partial charge in [0.15, 0.2) is 0 Å². The van der Waals surface area contributed by atoms with E-state index >= 15 is 0 Å². The number of hydrogen-bond acceptors (Lipinski definition) is 3. The van der Waals surface area contributed by atoms with E-state index in [4.69, 9.17) is 4.74 Å². The first kappa shape index (κ1) is 24.4. The summed E-state index contributed by atoms with van der Waals surface area (Å²) in [6.07, 6.45) is 2.76. The van der Waals surface area contributed by atoms with Crippen molar-refractivity contribution in [2.24, 2.45) is 0 Å². The zero-order valence-electron chi connectivity index (χ0n) is 19.5. The number of carbonyl (C=O) groups excluding carboxylic acids is 2. The van der Waals surface area contributed by atoms with Gasteiger partial charge < -0.3 is 15.0 Å². The van der Waals surface area contributed by atoms with Gasteiger partial charge in [-0.1, -0.05) is 50.6 Å². The quantitative estimate of drug-likeness (QED) is 0.537. The van der Waals surface area contributed by atoms with Crippen LogP contribution < -0.4 is 10.1 Å². The van der Waals surface area contributed by atoms with Crippen LogP contribution in [0.5, 0.6) is 5.75 Å². The summed E-state index contributed by atoms with van der Waals surface area (Å²) in [5.74, 6) is 0.593. The largest absolute Gasteiger partial charge is 0.497 e. The number of rotatable bonds is 11. The third-order valence-corrected chi connectivity index (χ3v) is 5.63. The van der Waals surface area contributed by atoms with Gasteiger partial charge in [0.2, 0.25) is 11.8 Å². The Balaban J connectivity index is 2.28. The van der Waals surface area contributed by atoms with E-state index in [-0.39, 0.29) is 18.2 Å². The number of unbranched alkanes of at least 4 members (excludes halogenated alkanes) is 1. The first-order valence-electron chi connectivity index (χ1n) is 11.2. The minimum atomic E-state index is -0.512. The SMILES string of the molecule is CCCCNC(=O)C(CC)N(Cc1cccc(OC)c1)C(=O)Cc1ccc(C)c(C)c1. The Kier molecular flexibility index (Phi) is 9.57. The lowest BCUT2D eigenvalue weighted by Crippen LogP contribution is -2.49. The van der Waals surface area contributed by atoms with E-state index in [1.807, 2.05) is 50.2 Å². The Labute approximate surface area is 186 Å². The minimum absolute atomic E-state index is 0.0523. The molecule has 2 aromatic carbocycles. The fourth-order valence-corrected chi connectivity index (χ4v) is 3.58. The van der Waals surface area contributed by atoms with E-state index in [1.54, 1.807) is 12.0 Å². The van der Waals surface area contributed by atoms with Crippen LogP contribution in [0.4, 0.5) is 0 Å². The van der Waals surface area contributed by atoms with Gasteiger partial charge in [-0.25, -0.2) is 0 Å². The number of hydrogen-bond donors (Lipinski definition) is 1. The number of amides is 2. The highest BCUT2D eigenvalue weighted by molar-refractivity contribution is 5.88. The summed E-state index contributed by atoms with van der Waals surface area (Å²) in [4.78, 5) is 28.1. The first-order chi connectivity index (χ1) is 14.9. The molecule has 0 radical (unpaired) electrons. The van der Waals surface area contributed by atoms with Gasteiger partial charge in [-0.15, -0.1) is 0 Å². The molecule has 168 valence electrons. The maximum atomic E-state index is 13.4. The predicted molar refractivity (Wildman–Crippen MR) is 125 cm³/mol. The number of nitrogens with one attached hydrogen (secondary N) is 1. The van der Waals surface area contributed by atoms with Crippen LogP contribution in [-0.4, -0.2) is 36.4 Å². The summed E-state index contributed by atoms with van der Waals surface area (Å²) >= 11 is 0. The maximum absolute atomic E-state index is 13.4. The van der Waals surface area contributed by atoms with Crippen LogP contribution in [0.25, 0.3) is 0 Å². The molecule has 1 unspecified atom stereocenters. The number of nitrogens with zero attached hydrogens (tertiary/aromatic N) is 1. The summed E-state index contributed by atoms with van der Waals surface area (Å²) in [6, 6.07) is 13.2. The van der Waals surface area contributed by atoms with Gasteiger partial charge in [0.25, 0.3) is 0 Å². The van der Waals surface area contributed by atoms with Crippen molar-refractivity contribution in [3.05, 3.63) is 64.7 Å². The van der Waals surface area contributed by atoms with E-state index in [9.17, 15) is 9.59 Å². The van der Waals surface area contributed by atoms with Crippen molar-refractivity contribution in [2.45, 2.75) is 66.0 Å². The van der Waals surface area contributed by atoms with Crippen LogP contribution in [0.1, 0.15) is 55.4 Å². The molecule has 0 saturated heterocycles. The molecule has 2 amide bonds. The van der Waals surface area contributed by atoms with Crippen LogP contribution in [0.15, 0.2) is 42.5 Å². The predicted octanol–water partition coefficient (Wildman–Crippen LogP) is 4.58. The molecular weight excluding hydrogens is 388 g/mol. The van der Waals surface area contributed by atoms with Crippen LogP contribution in [0.2, 0.25) is 0 Å². The van der Waals surface area contributed by atoms with Crippen LogP contribution in [0.3, 0.4) is 0 Å². The zero-order valence-corrected chi connectivity index (χ0v) is 19.5. The zero-order chi connectivity index (χ0) is 22.8. The molecule has 5 heteroatoms. The molecule has 0 fully saturated rings. The van der Waals surface area contributed by atoms with Gasteiger partial charge in [0.05, 0.1) is 13.5 Å². The van der Waals surface area contributed by atoms with Crippen LogP contribution in [0, 0.1) is 13.8 Å². The summed E-state index contributed by atoms with van der Waals surface area (Å²) in [6.45, 7) is 9.14. The number of ether oxygens (including phenoxy) is 1. The van der Waals surface area contributed by atoms with Gasteiger partial charge in [0, 0.05) is 13.1 Å². The number of benzene rings is 2. The Morgan fingerprint density at radius 3 is 2.45 bits per heavy atom.